The highest BCUT2D eigenvalue weighted by Crippen LogP contribution is 2.22. The molecule has 0 amide bonds. The van der Waals surface area contributed by atoms with Gasteiger partial charge in [0.15, 0.2) is 5.13 Å². The first-order valence-corrected chi connectivity index (χ1v) is 4.45. The fourth-order valence-electron chi connectivity index (χ4n) is 0.673. The third-order valence-electron chi connectivity index (χ3n) is 1.36. The van der Waals surface area contributed by atoms with E-state index < -0.39 is 0 Å². The molecule has 0 aliphatic carbocycles. The van der Waals surface area contributed by atoms with Crippen LogP contribution < -0.4 is 11.1 Å². The molecule has 4 nitrogen and oxygen atoms in total. The van der Waals surface area contributed by atoms with E-state index in [1.165, 1.54) is 11.3 Å². The predicted octanol–water partition coefficient (Wildman–Crippen LogP) is 0.908. The Hall–Kier alpha value is -0.810. The van der Waals surface area contributed by atoms with Crippen LogP contribution in [-0.4, -0.2) is 22.2 Å². The van der Waals surface area contributed by atoms with E-state index in [0.717, 1.165) is 5.13 Å². The fourth-order valence-corrected chi connectivity index (χ4v) is 1.43. The van der Waals surface area contributed by atoms with E-state index in [1.54, 1.807) is 6.20 Å². The average molecular weight is 187 g/mol. The number of nitrogens with two attached hydrogens (primary N) is 1. The van der Waals surface area contributed by atoms with Crippen molar-refractivity contribution in [2.24, 2.45) is 0 Å². The van der Waals surface area contributed by atoms with Crippen molar-refractivity contribution < 1.29 is 5.11 Å². The van der Waals surface area contributed by atoms with Gasteiger partial charge < -0.3 is 16.2 Å². The topological polar surface area (TPSA) is 71.2 Å². The van der Waals surface area contributed by atoms with Gasteiger partial charge in [-0.15, -0.1) is 0 Å². The molecule has 0 spiro atoms. The summed E-state index contributed by atoms with van der Waals surface area (Å²) in [5, 5.41) is 13.4. The first-order valence-electron chi connectivity index (χ1n) is 3.64. The van der Waals surface area contributed by atoms with E-state index >= 15 is 0 Å². The van der Waals surface area contributed by atoms with Crippen LogP contribution >= 0.6 is 11.3 Å². The Morgan fingerprint density at radius 2 is 2.42 bits per heavy atom. The highest BCUT2D eigenvalue weighted by atomic mass is 32.1. The van der Waals surface area contributed by atoms with Crippen molar-refractivity contribution in [1.82, 2.24) is 4.98 Å². The number of nitrogens with one attached hydrogen (secondary N) is 1. The quantitative estimate of drug-likeness (QED) is 0.657. The Balaban J connectivity index is 2.63. The molecular formula is C7H13N3OS. The van der Waals surface area contributed by atoms with Gasteiger partial charge in [-0.2, -0.15) is 0 Å². The van der Waals surface area contributed by atoms with Gasteiger partial charge in [-0.05, 0) is 13.8 Å². The van der Waals surface area contributed by atoms with Gasteiger partial charge in [-0.3, -0.25) is 0 Å². The second kappa shape index (κ2) is 3.28. The van der Waals surface area contributed by atoms with Gasteiger partial charge in [0.2, 0.25) is 0 Å². The zero-order valence-electron chi connectivity index (χ0n) is 7.16. The summed E-state index contributed by atoms with van der Waals surface area (Å²) < 4.78 is 0. The van der Waals surface area contributed by atoms with E-state index in [4.69, 9.17) is 10.8 Å². The maximum atomic E-state index is 8.95. The monoisotopic (exact) mass is 187 g/mol. The minimum atomic E-state index is -0.343. The van der Waals surface area contributed by atoms with Crippen LogP contribution in [0.4, 0.5) is 10.1 Å². The number of hydrogen-bond donors (Lipinski definition) is 3. The molecule has 0 saturated heterocycles. The van der Waals surface area contributed by atoms with Crippen molar-refractivity contribution in [3.63, 3.8) is 0 Å². The normalized spacial score (nSPS) is 11.6. The molecule has 0 bridgehead atoms. The lowest BCUT2D eigenvalue weighted by Gasteiger charge is -2.22. The lowest BCUT2D eigenvalue weighted by Crippen LogP contribution is -2.34. The zero-order valence-corrected chi connectivity index (χ0v) is 7.98. The summed E-state index contributed by atoms with van der Waals surface area (Å²) in [4.78, 5) is 4.02. The van der Waals surface area contributed by atoms with E-state index in [1.807, 2.05) is 13.8 Å². The first kappa shape index (κ1) is 9.28. The van der Waals surface area contributed by atoms with Crippen LogP contribution in [0, 0.1) is 0 Å². The Kier molecular flexibility index (Phi) is 2.54. The molecule has 0 aliphatic rings. The number of aliphatic hydroxyl groups excluding tert-OH is 1. The van der Waals surface area contributed by atoms with E-state index in [-0.39, 0.29) is 12.1 Å². The van der Waals surface area contributed by atoms with Crippen molar-refractivity contribution >= 4 is 21.5 Å². The third kappa shape index (κ3) is 2.35. The molecule has 0 fully saturated rings. The predicted molar refractivity (Wildman–Crippen MR) is 51.3 cm³/mol. The van der Waals surface area contributed by atoms with E-state index in [9.17, 15) is 0 Å². The summed E-state index contributed by atoms with van der Waals surface area (Å²) in [6.45, 7) is 3.85. The molecule has 4 N–H and O–H groups in total. The second-order valence-electron chi connectivity index (χ2n) is 3.23. The number of anilines is 2. The van der Waals surface area contributed by atoms with Crippen molar-refractivity contribution in [2.75, 3.05) is 17.7 Å². The Morgan fingerprint density at radius 3 is 2.83 bits per heavy atom. The van der Waals surface area contributed by atoms with Gasteiger partial charge in [-0.25, -0.2) is 4.98 Å². The summed E-state index contributed by atoms with van der Waals surface area (Å²) in [5.74, 6) is 0. The standard InChI is InChI=1S/C7H13N3OS/c1-7(2,4-11)10-6-9-3-5(8)12-6/h3,11H,4,8H2,1-2H3,(H,9,10). The van der Waals surface area contributed by atoms with Crippen molar-refractivity contribution in [3.8, 4) is 0 Å². The van der Waals surface area contributed by atoms with Gasteiger partial charge in [0, 0.05) is 0 Å². The molecule has 1 aromatic heterocycles. The molecule has 0 saturated carbocycles. The zero-order chi connectivity index (χ0) is 9.19. The lowest BCUT2D eigenvalue weighted by atomic mass is 10.1. The molecule has 5 heteroatoms. The summed E-state index contributed by atoms with van der Waals surface area (Å²) in [6.07, 6.45) is 1.60. The highest BCUT2D eigenvalue weighted by Gasteiger charge is 2.16. The van der Waals surface area contributed by atoms with Gasteiger partial charge in [0.1, 0.15) is 5.00 Å². The van der Waals surface area contributed by atoms with Crippen molar-refractivity contribution in [2.45, 2.75) is 19.4 Å². The van der Waals surface area contributed by atoms with Gasteiger partial charge in [-0.1, -0.05) is 11.3 Å². The van der Waals surface area contributed by atoms with Gasteiger partial charge >= 0.3 is 0 Å². The van der Waals surface area contributed by atoms with Gasteiger partial charge in [0.25, 0.3) is 0 Å². The number of hydrogen-bond acceptors (Lipinski definition) is 5. The van der Waals surface area contributed by atoms with Crippen LogP contribution in [0.1, 0.15) is 13.8 Å². The minimum absolute atomic E-state index is 0.0620. The van der Waals surface area contributed by atoms with Crippen LogP contribution in [0.3, 0.4) is 0 Å². The Labute approximate surface area is 75.4 Å². The van der Waals surface area contributed by atoms with Crippen LogP contribution in [0.2, 0.25) is 0 Å². The molecule has 0 radical (unpaired) electrons. The van der Waals surface area contributed by atoms with Crippen LogP contribution in [0.15, 0.2) is 6.20 Å². The smallest absolute Gasteiger partial charge is 0.185 e. The molecule has 0 unspecified atom stereocenters. The highest BCUT2D eigenvalue weighted by molar-refractivity contribution is 7.19. The maximum absolute atomic E-state index is 8.95. The summed E-state index contributed by atoms with van der Waals surface area (Å²) in [6, 6.07) is 0. The number of aromatic nitrogens is 1. The van der Waals surface area contributed by atoms with Crippen molar-refractivity contribution in [3.05, 3.63) is 6.20 Å². The average Bonchev–Trinajstić information content (AvgIpc) is 2.35. The second-order valence-corrected chi connectivity index (χ2v) is 4.30. The molecule has 12 heavy (non-hydrogen) atoms. The largest absolute Gasteiger partial charge is 0.394 e. The summed E-state index contributed by atoms with van der Waals surface area (Å²) >= 11 is 1.37. The van der Waals surface area contributed by atoms with Gasteiger partial charge in [0.05, 0.1) is 18.3 Å². The molecule has 0 aliphatic heterocycles. The lowest BCUT2D eigenvalue weighted by molar-refractivity contribution is 0.234. The molecule has 1 aromatic rings. The summed E-state index contributed by atoms with van der Waals surface area (Å²) in [5.41, 5.74) is 5.15. The van der Waals surface area contributed by atoms with E-state index in [0.29, 0.717) is 5.00 Å². The SMILES string of the molecule is CC(C)(CO)Nc1ncc(N)s1. The molecule has 1 heterocycles. The number of nitrogen functional groups attached to an aromatic ring is 1. The van der Waals surface area contributed by atoms with Crippen LogP contribution in [0.5, 0.6) is 0 Å². The van der Waals surface area contributed by atoms with Crippen molar-refractivity contribution in [1.29, 1.82) is 0 Å². The third-order valence-corrected chi connectivity index (χ3v) is 2.11. The first-order chi connectivity index (χ1) is 5.53. The number of aliphatic hydroxyl groups is 1. The summed E-state index contributed by atoms with van der Waals surface area (Å²) in [7, 11) is 0. The van der Waals surface area contributed by atoms with Crippen LogP contribution in [0.25, 0.3) is 0 Å². The maximum Gasteiger partial charge on any atom is 0.185 e. The number of rotatable bonds is 3. The Morgan fingerprint density at radius 1 is 1.75 bits per heavy atom. The van der Waals surface area contributed by atoms with Crippen LogP contribution in [-0.2, 0) is 0 Å². The molecule has 0 atom stereocenters. The molecule has 0 aromatic carbocycles. The number of thiazole rings is 1. The minimum Gasteiger partial charge on any atom is -0.394 e. The fraction of sp³-hybridized carbons (Fsp3) is 0.571. The van der Waals surface area contributed by atoms with E-state index in [2.05, 4.69) is 10.3 Å². The molecule has 1 rings (SSSR count). The Bertz CT molecular complexity index is 259. The molecule has 68 valence electrons. The molecular weight excluding hydrogens is 174 g/mol. The number of nitrogens with zero attached hydrogens (tertiary/aromatic N) is 1.